The number of carbonyl (C=O) groups is 1. The van der Waals surface area contributed by atoms with E-state index >= 15 is 0 Å². The smallest absolute Gasteiger partial charge is 0.179 e. The van der Waals surface area contributed by atoms with Crippen LogP contribution in [0.5, 0.6) is 0 Å². The van der Waals surface area contributed by atoms with Gasteiger partial charge in [-0.2, -0.15) is 0 Å². The van der Waals surface area contributed by atoms with Gasteiger partial charge in [0.1, 0.15) is 0 Å². The molecule has 0 N–H and O–H groups in total. The number of nitrogens with zero attached hydrogens (tertiary/aromatic N) is 1. The summed E-state index contributed by atoms with van der Waals surface area (Å²) in [5.41, 5.74) is 0.668. The number of rotatable bonds is 5. The minimum atomic E-state index is -0.168. The second-order valence-electron chi connectivity index (χ2n) is 5.48. The fourth-order valence-corrected chi connectivity index (χ4v) is 2.70. The average Bonchev–Trinajstić information content (AvgIpc) is 2.46. The monoisotopic (exact) mass is 295 g/mol. The molecular formula is C16H22ClNO2. The van der Waals surface area contributed by atoms with Crippen LogP contribution in [0.4, 0.5) is 0 Å². The molecular weight excluding hydrogens is 274 g/mol. The molecule has 1 aromatic carbocycles. The maximum absolute atomic E-state index is 12.4. The van der Waals surface area contributed by atoms with E-state index in [-0.39, 0.29) is 17.9 Å². The quantitative estimate of drug-likeness (QED) is 0.780. The molecule has 2 atom stereocenters. The van der Waals surface area contributed by atoms with Crippen LogP contribution in [0, 0.1) is 0 Å². The molecule has 1 aliphatic rings. The summed E-state index contributed by atoms with van der Waals surface area (Å²) < 4.78 is 5.73. The highest BCUT2D eigenvalue weighted by atomic mass is 35.5. The van der Waals surface area contributed by atoms with E-state index in [0.29, 0.717) is 10.6 Å². The Kier molecular flexibility index (Phi) is 5.58. The van der Waals surface area contributed by atoms with Crippen LogP contribution in [0.3, 0.4) is 0 Å². The van der Waals surface area contributed by atoms with E-state index in [1.54, 1.807) is 12.1 Å². The van der Waals surface area contributed by atoms with Gasteiger partial charge in [-0.1, -0.05) is 23.7 Å². The predicted molar refractivity (Wildman–Crippen MR) is 81.5 cm³/mol. The minimum Gasteiger partial charge on any atom is -0.377 e. The van der Waals surface area contributed by atoms with E-state index in [1.807, 2.05) is 26.1 Å². The van der Waals surface area contributed by atoms with Crippen molar-refractivity contribution in [2.24, 2.45) is 0 Å². The van der Waals surface area contributed by atoms with Crippen LogP contribution in [0.1, 0.15) is 36.5 Å². The maximum atomic E-state index is 12.4. The number of benzene rings is 1. The lowest BCUT2D eigenvalue weighted by molar-refractivity contribution is -0.00577. The van der Waals surface area contributed by atoms with Gasteiger partial charge < -0.3 is 4.74 Å². The molecule has 0 aromatic heterocycles. The lowest BCUT2D eigenvalue weighted by Crippen LogP contribution is -2.42. The molecule has 0 aliphatic carbocycles. The van der Waals surface area contributed by atoms with Crippen molar-refractivity contribution in [3.8, 4) is 0 Å². The van der Waals surface area contributed by atoms with Crippen molar-refractivity contribution < 1.29 is 9.53 Å². The zero-order valence-electron chi connectivity index (χ0n) is 12.1. The Morgan fingerprint density at radius 1 is 1.50 bits per heavy atom. The molecule has 0 amide bonds. The molecule has 110 valence electrons. The molecule has 0 spiro atoms. The molecule has 0 bridgehead atoms. The van der Waals surface area contributed by atoms with Gasteiger partial charge in [-0.15, -0.1) is 0 Å². The summed E-state index contributed by atoms with van der Waals surface area (Å²) in [7, 11) is 1.98. The molecule has 3 nitrogen and oxygen atoms in total. The van der Waals surface area contributed by atoms with E-state index in [9.17, 15) is 4.79 Å². The lowest BCUT2D eigenvalue weighted by atomic mass is 10.0. The summed E-state index contributed by atoms with van der Waals surface area (Å²) in [6.45, 7) is 3.58. The molecule has 4 heteroatoms. The second-order valence-corrected chi connectivity index (χ2v) is 5.92. The molecule has 1 aliphatic heterocycles. The summed E-state index contributed by atoms with van der Waals surface area (Å²) in [6.07, 6.45) is 3.71. The Hall–Kier alpha value is -0.900. The Morgan fingerprint density at radius 2 is 2.30 bits per heavy atom. The molecule has 0 saturated carbocycles. The Bertz CT molecular complexity index is 458. The van der Waals surface area contributed by atoms with Gasteiger partial charge in [0.2, 0.25) is 0 Å². The maximum Gasteiger partial charge on any atom is 0.179 e. The Balaban J connectivity index is 1.95. The summed E-state index contributed by atoms with van der Waals surface area (Å²) in [5, 5.41) is 0.598. The van der Waals surface area contributed by atoms with Crippen molar-refractivity contribution in [3.63, 3.8) is 0 Å². The van der Waals surface area contributed by atoms with E-state index in [0.717, 1.165) is 26.0 Å². The topological polar surface area (TPSA) is 29.5 Å². The second kappa shape index (κ2) is 7.21. The third-order valence-corrected chi connectivity index (χ3v) is 4.15. The van der Waals surface area contributed by atoms with Crippen LogP contribution in [0.25, 0.3) is 0 Å². The van der Waals surface area contributed by atoms with Crippen LogP contribution >= 0.6 is 11.6 Å². The average molecular weight is 296 g/mol. The van der Waals surface area contributed by atoms with Crippen LogP contribution < -0.4 is 0 Å². The molecule has 20 heavy (non-hydrogen) atoms. The first kappa shape index (κ1) is 15.5. The fourth-order valence-electron chi connectivity index (χ4n) is 2.51. The van der Waals surface area contributed by atoms with Crippen LogP contribution in [-0.4, -0.2) is 43.0 Å². The van der Waals surface area contributed by atoms with Crippen molar-refractivity contribution in [3.05, 3.63) is 34.9 Å². The number of halogens is 1. The van der Waals surface area contributed by atoms with Gasteiger partial charge >= 0.3 is 0 Å². The first-order valence-electron chi connectivity index (χ1n) is 7.19. The largest absolute Gasteiger partial charge is 0.377 e. The van der Waals surface area contributed by atoms with Crippen molar-refractivity contribution in [2.45, 2.75) is 38.3 Å². The third kappa shape index (κ3) is 4.05. The molecule has 1 fully saturated rings. The van der Waals surface area contributed by atoms with Crippen molar-refractivity contribution >= 4 is 17.4 Å². The van der Waals surface area contributed by atoms with E-state index in [1.165, 1.54) is 6.42 Å². The zero-order valence-corrected chi connectivity index (χ0v) is 12.9. The fraction of sp³-hybridized carbons (Fsp3) is 0.562. The van der Waals surface area contributed by atoms with Crippen LogP contribution in [0.15, 0.2) is 24.3 Å². The number of Topliss-reactive ketones (excluding diaryl/α,β-unsaturated/α-hetero) is 1. The van der Waals surface area contributed by atoms with Gasteiger partial charge in [0.05, 0.1) is 12.1 Å². The summed E-state index contributed by atoms with van der Waals surface area (Å²) in [5.74, 6) is 0.103. The number of ketones is 1. The number of ether oxygens (including phenoxy) is 1. The summed E-state index contributed by atoms with van der Waals surface area (Å²) in [4.78, 5) is 14.5. The molecule has 1 aromatic rings. The van der Waals surface area contributed by atoms with E-state index < -0.39 is 0 Å². The molecule has 1 heterocycles. The number of carbonyl (C=O) groups excluding carboxylic acids is 1. The van der Waals surface area contributed by atoms with Crippen LogP contribution in [0.2, 0.25) is 5.02 Å². The number of hydrogen-bond donors (Lipinski definition) is 0. The Morgan fingerprint density at radius 3 is 2.95 bits per heavy atom. The van der Waals surface area contributed by atoms with Crippen LogP contribution in [-0.2, 0) is 4.74 Å². The van der Waals surface area contributed by atoms with Gasteiger partial charge in [-0.25, -0.2) is 0 Å². The Labute approximate surface area is 125 Å². The summed E-state index contributed by atoms with van der Waals surface area (Å²) in [6, 6.07) is 6.97. The lowest BCUT2D eigenvalue weighted by Gasteiger charge is -2.30. The molecule has 0 radical (unpaired) electrons. The first-order chi connectivity index (χ1) is 9.58. The highest BCUT2D eigenvalue weighted by molar-refractivity contribution is 6.31. The first-order valence-corrected chi connectivity index (χ1v) is 7.57. The molecule has 2 rings (SSSR count). The van der Waals surface area contributed by atoms with Crippen molar-refractivity contribution in [1.82, 2.24) is 4.90 Å². The summed E-state index contributed by atoms with van der Waals surface area (Å²) >= 11 is 5.94. The number of hydrogen-bond acceptors (Lipinski definition) is 3. The van der Waals surface area contributed by atoms with Gasteiger partial charge in [-0.05, 0) is 45.4 Å². The normalized spacial score (nSPS) is 20.9. The highest BCUT2D eigenvalue weighted by Gasteiger charge is 2.23. The molecule has 2 unspecified atom stereocenters. The van der Waals surface area contributed by atoms with Crippen molar-refractivity contribution in [2.75, 3.05) is 20.2 Å². The SMILES string of the molecule is CC(C(=O)c1cccc(Cl)c1)N(C)CC1CCCCO1. The molecule has 1 saturated heterocycles. The van der Waals surface area contributed by atoms with Gasteiger partial charge in [-0.3, -0.25) is 9.69 Å². The van der Waals surface area contributed by atoms with E-state index in [4.69, 9.17) is 16.3 Å². The van der Waals surface area contributed by atoms with Crippen molar-refractivity contribution in [1.29, 1.82) is 0 Å². The standard InChI is InChI=1S/C16H22ClNO2/c1-12(16(19)13-6-5-7-14(17)10-13)18(2)11-15-8-3-4-9-20-15/h5-7,10,12,15H,3-4,8-9,11H2,1-2H3. The number of likely N-dealkylation sites (N-methyl/N-ethyl adjacent to an activating group) is 1. The van der Waals surface area contributed by atoms with Gasteiger partial charge in [0, 0.05) is 23.7 Å². The van der Waals surface area contributed by atoms with E-state index in [2.05, 4.69) is 4.90 Å². The predicted octanol–water partition coefficient (Wildman–Crippen LogP) is 3.41. The minimum absolute atomic E-state index is 0.103. The highest BCUT2D eigenvalue weighted by Crippen LogP contribution is 2.17. The third-order valence-electron chi connectivity index (χ3n) is 3.92. The zero-order chi connectivity index (χ0) is 14.5. The van der Waals surface area contributed by atoms with Gasteiger partial charge in [0.25, 0.3) is 0 Å². The van der Waals surface area contributed by atoms with Gasteiger partial charge in [0.15, 0.2) is 5.78 Å².